The molecule has 11 heteroatoms. The van der Waals surface area contributed by atoms with Gasteiger partial charge in [-0.15, -0.1) is 0 Å². The molecule has 0 radical (unpaired) electrons. The second-order valence-electron chi connectivity index (χ2n) is 10.3. The van der Waals surface area contributed by atoms with Crippen molar-refractivity contribution in [1.29, 1.82) is 0 Å². The Bertz CT molecular complexity index is 1090. The maximum Gasteiger partial charge on any atom is 0.264 e. The molecule has 37 heavy (non-hydrogen) atoms. The zero-order valence-electron chi connectivity index (χ0n) is 22.3. The van der Waals surface area contributed by atoms with Crippen molar-refractivity contribution in [2.45, 2.75) is 89.1 Å². The molecule has 3 rings (SSSR count). The highest BCUT2D eigenvalue weighted by atomic mass is 32.2. The molecule has 2 aliphatic rings. The number of aliphatic imine (C=N–C) groups is 1. The molecule has 5 N–H and O–H groups in total. The lowest BCUT2D eigenvalue weighted by atomic mass is 10.1. The summed E-state index contributed by atoms with van der Waals surface area (Å²) >= 11 is 0. The van der Waals surface area contributed by atoms with Crippen LogP contribution in [0.1, 0.15) is 68.1 Å². The van der Waals surface area contributed by atoms with E-state index < -0.39 is 22.1 Å². The number of carbonyl (C=O) groups excluding carboxylic acids is 2. The molecule has 0 aromatic heterocycles. The van der Waals surface area contributed by atoms with Gasteiger partial charge in [0.15, 0.2) is 0 Å². The maximum atomic E-state index is 13.1. The molecule has 1 aromatic rings. The zero-order valence-corrected chi connectivity index (χ0v) is 23.1. The van der Waals surface area contributed by atoms with E-state index in [0.717, 1.165) is 50.8 Å². The molecule has 2 aliphatic heterocycles. The third-order valence-electron chi connectivity index (χ3n) is 7.12. The topological polar surface area (TPSA) is 151 Å². The SMILES string of the molecule is Cc1cc(C)c(S(=O)(=O)NC(N)=NCCC[C@H](N)C(=O)N2CCC[C@H]2C(=O)N2CCCCCC2)c(C)c1. The van der Waals surface area contributed by atoms with Crippen LogP contribution in [0.3, 0.4) is 0 Å². The molecule has 0 bridgehead atoms. The predicted octanol–water partition coefficient (Wildman–Crippen LogP) is 1.71. The summed E-state index contributed by atoms with van der Waals surface area (Å²) < 4.78 is 28.0. The van der Waals surface area contributed by atoms with E-state index in [1.807, 2.05) is 11.8 Å². The Morgan fingerprint density at radius 3 is 2.30 bits per heavy atom. The second-order valence-corrected chi connectivity index (χ2v) is 11.9. The number of nitrogens with two attached hydrogens (primary N) is 2. The van der Waals surface area contributed by atoms with Crippen LogP contribution >= 0.6 is 0 Å². The van der Waals surface area contributed by atoms with Crippen molar-refractivity contribution in [3.63, 3.8) is 0 Å². The van der Waals surface area contributed by atoms with E-state index in [0.29, 0.717) is 36.9 Å². The van der Waals surface area contributed by atoms with Gasteiger partial charge in [0.05, 0.1) is 10.9 Å². The number of sulfonamides is 1. The minimum atomic E-state index is -3.87. The van der Waals surface area contributed by atoms with E-state index in [-0.39, 0.29) is 29.2 Å². The molecule has 10 nitrogen and oxygen atoms in total. The van der Waals surface area contributed by atoms with Crippen LogP contribution in [-0.4, -0.2) is 74.3 Å². The quantitative estimate of drug-likeness (QED) is 0.262. The van der Waals surface area contributed by atoms with Crippen LogP contribution in [0.15, 0.2) is 22.0 Å². The first-order valence-corrected chi connectivity index (χ1v) is 14.7. The molecule has 206 valence electrons. The summed E-state index contributed by atoms with van der Waals surface area (Å²) in [5.41, 5.74) is 14.3. The van der Waals surface area contributed by atoms with E-state index >= 15 is 0 Å². The number of nitrogens with one attached hydrogen (secondary N) is 1. The Morgan fingerprint density at radius 1 is 1.05 bits per heavy atom. The number of rotatable bonds is 8. The zero-order chi connectivity index (χ0) is 27.2. The molecular formula is C26H42N6O4S. The van der Waals surface area contributed by atoms with Crippen LogP contribution in [0.5, 0.6) is 0 Å². The summed E-state index contributed by atoms with van der Waals surface area (Å²) in [5, 5.41) is 0. The molecular weight excluding hydrogens is 492 g/mol. The average Bonchev–Trinajstić information content (AvgIpc) is 3.14. The minimum absolute atomic E-state index is 0.0451. The highest BCUT2D eigenvalue weighted by Gasteiger charge is 2.38. The van der Waals surface area contributed by atoms with E-state index in [4.69, 9.17) is 11.5 Å². The van der Waals surface area contributed by atoms with Gasteiger partial charge in [-0.1, -0.05) is 30.5 Å². The molecule has 1 aromatic carbocycles. The Morgan fingerprint density at radius 2 is 1.68 bits per heavy atom. The third kappa shape index (κ3) is 7.44. The monoisotopic (exact) mass is 534 g/mol. The minimum Gasteiger partial charge on any atom is -0.369 e. The lowest BCUT2D eigenvalue weighted by Gasteiger charge is -2.31. The Balaban J connectivity index is 1.51. The summed E-state index contributed by atoms with van der Waals surface area (Å²) in [5.74, 6) is -0.376. The number of hydrogen-bond donors (Lipinski definition) is 3. The van der Waals surface area contributed by atoms with Crippen LogP contribution in [0.4, 0.5) is 0 Å². The van der Waals surface area contributed by atoms with Crippen molar-refractivity contribution in [3.8, 4) is 0 Å². The number of guanidine groups is 1. The summed E-state index contributed by atoms with van der Waals surface area (Å²) in [7, 11) is -3.87. The van der Waals surface area contributed by atoms with Gasteiger partial charge in [0.2, 0.25) is 17.8 Å². The fourth-order valence-electron chi connectivity index (χ4n) is 5.45. The van der Waals surface area contributed by atoms with Crippen molar-refractivity contribution in [1.82, 2.24) is 14.5 Å². The number of aryl methyl sites for hydroxylation is 3. The maximum absolute atomic E-state index is 13.1. The van der Waals surface area contributed by atoms with Gasteiger partial charge in [-0.3, -0.25) is 14.6 Å². The van der Waals surface area contributed by atoms with Crippen LogP contribution in [-0.2, 0) is 19.6 Å². The van der Waals surface area contributed by atoms with Gasteiger partial charge in [0.1, 0.15) is 6.04 Å². The first kappa shape index (κ1) is 28.9. The molecule has 2 amide bonds. The predicted molar refractivity (Wildman–Crippen MR) is 144 cm³/mol. The lowest BCUT2D eigenvalue weighted by molar-refractivity contribution is -0.144. The molecule has 0 spiro atoms. The summed E-state index contributed by atoms with van der Waals surface area (Å²) in [6.07, 6.45) is 6.59. The first-order chi connectivity index (χ1) is 17.5. The summed E-state index contributed by atoms with van der Waals surface area (Å²) in [6.45, 7) is 7.68. The molecule has 0 aliphatic carbocycles. The van der Waals surface area contributed by atoms with Crippen molar-refractivity contribution in [3.05, 3.63) is 28.8 Å². The van der Waals surface area contributed by atoms with Crippen molar-refractivity contribution < 1.29 is 18.0 Å². The highest BCUT2D eigenvalue weighted by Crippen LogP contribution is 2.23. The van der Waals surface area contributed by atoms with Crippen LogP contribution in [0.2, 0.25) is 0 Å². The molecule has 0 saturated carbocycles. The molecule has 2 atom stereocenters. The number of carbonyl (C=O) groups is 2. The first-order valence-electron chi connectivity index (χ1n) is 13.3. The van der Waals surface area contributed by atoms with E-state index in [1.165, 1.54) is 0 Å². The normalized spacial score (nSPS) is 20.0. The Kier molecular flexibility index (Phi) is 9.94. The van der Waals surface area contributed by atoms with Gasteiger partial charge < -0.3 is 21.3 Å². The molecule has 2 saturated heterocycles. The van der Waals surface area contributed by atoms with Crippen LogP contribution < -0.4 is 16.2 Å². The van der Waals surface area contributed by atoms with E-state index in [9.17, 15) is 18.0 Å². The molecule has 0 unspecified atom stereocenters. The average molecular weight is 535 g/mol. The standard InChI is InChI=1S/C26H42N6O4S/c1-18-16-19(2)23(20(3)17-18)37(35,36)30-26(28)29-12-8-10-21(27)24(33)32-15-9-11-22(32)25(34)31-13-6-4-5-7-14-31/h16-17,21-22H,4-15,27H2,1-3H3,(H3,28,29,30)/t21-,22-/m0/s1. The van der Waals surface area contributed by atoms with Crippen molar-refractivity contribution in [2.75, 3.05) is 26.2 Å². The number of benzene rings is 1. The second kappa shape index (κ2) is 12.7. The largest absolute Gasteiger partial charge is 0.369 e. The number of amides is 2. The van der Waals surface area contributed by atoms with E-state index in [1.54, 1.807) is 30.9 Å². The van der Waals surface area contributed by atoms with Gasteiger partial charge >= 0.3 is 0 Å². The Hall–Kier alpha value is -2.66. The number of hydrogen-bond acceptors (Lipinski definition) is 6. The molecule has 2 heterocycles. The smallest absolute Gasteiger partial charge is 0.264 e. The van der Waals surface area contributed by atoms with Crippen LogP contribution in [0.25, 0.3) is 0 Å². The lowest BCUT2D eigenvalue weighted by Crippen LogP contribution is -2.52. The van der Waals surface area contributed by atoms with Crippen molar-refractivity contribution >= 4 is 27.8 Å². The fourth-order valence-corrected chi connectivity index (χ4v) is 6.86. The van der Waals surface area contributed by atoms with Crippen molar-refractivity contribution in [2.24, 2.45) is 16.5 Å². The number of nitrogens with zero attached hydrogens (tertiary/aromatic N) is 3. The van der Waals surface area contributed by atoms with Gasteiger partial charge in [-0.05, 0) is 70.4 Å². The van der Waals surface area contributed by atoms with Crippen LogP contribution in [0, 0.1) is 20.8 Å². The van der Waals surface area contributed by atoms with Gasteiger partial charge in [0, 0.05) is 26.2 Å². The Labute approximate surface area is 220 Å². The van der Waals surface area contributed by atoms with E-state index in [2.05, 4.69) is 9.71 Å². The highest BCUT2D eigenvalue weighted by molar-refractivity contribution is 7.90. The summed E-state index contributed by atoms with van der Waals surface area (Å²) in [4.78, 5) is 34.0. The molecule has 2 fully saturated rings. The number of likely N-dealkylation sites (tertiary alicyclic amines) is 2. The third-order valence-corrected chi connectivity index (χ3v) is 8.78. The van der Waals surface area contributed by atoms with Gasteiger partial charge in [0.25, 0.3) is 10.0 Å². The van der Waals surface area contributed by atoms with Gasteiger partial charge in [-0.25, -0.2) is 13.1 Å². The summed E-state index contributed by atoms with van der Waals surface area (Å²) in [6, 6.07) is 2.44. The van der Waals surface area contributed by atoms with Gasteiger partial charge in [-0.2, -0.15) is 0 Å². The fraction of sp³-hybridized carbons (Fsp3) is 0.654.